The third-order valence-electron chi connectivity index (χ3n) is 2.12. The minimum absolute atomic E-state index is 0.361. The van der Waals surface area contributed by atoms with Crippen molar-refractivity contribution < 1.29 is 9.76 Å². The Morgan fingerprint density at radius 2 is 1.22 bits per heavy atom. The Balaban J connectivity index is -0.0000000615. The molecule has 1 N–H and O–H groups in total. The van der Waals surface area contributed by atoms with E-state index in [-0.39, 0.29) is 0 Å². The second-order valence-corrected chi connectivity index (χ2v) is 4.21. The van der Waals surface area contributed by atoms with Crippen molar-refractivity contribution in [2.45, 2.75) is 73.1 Å². The van der Waals surface area contributed by atoms with E-state index in [1.54, 1.807) is 12.2 Å². The van der Waals surface area contributed by atoms with E-state index in [4.69, 9.17) is 9.76 Å². The van der Waals surface area contributed by atoms with Gasteiger partial charge in [0.15, 0.2) is 0 Å². The van der Waals surface area contributed by atoms with Gasteiger partial charge < -0.3 is 5.11 Å². The number of rotatable bonds is 7. The zero-order valence-corrected chi connectivity index (χ0v) is 16.2. The van der Waals surface area contributed by atoms with Gasteiger partial charge in [0.05, 0.1) is 0 Å². The molecule has 0 heterocycles. The number of unbranched alkanes of at least 4 members (excludes halogenated alkanes) is 3. The second-order valence-electron chi connectivity index (χ2n) is 4.21. The molecular formula is C21H40O2. The fourth-order valence-electron chi connectivity index (χ4n) is 1.01. The van der Waals surface area contributed by atoms with Crippen molar-refractivity contribution in [3.8, 4) is 0 Å². The molecule has 0 atom stereocenters. The summed E-state index contributed by atoms with van der Waals surface area (Å²) in [5, 5.41) is 8.29. The first-order valence-electron chi connectivity index (χ1n) is 8.43. The van der Waals surface area contributed by atoms with Crippen LogP contribution < -0.4 is 0 Å². The monoisotopic (exact) mass is 324 g/mol. The van der Waals surface area contributed by atoms with Gasteiger partial charge in [-0.05, 0) is 33.1 Å². The predicted molar refractivity (Wildman–Crippen MR) is 106 cm³/mol. The zero-order valence-electron chi connectivity index (χ0n) is 16.2. The molecule has 2 nitrogen and oxygen atoms in total. The molecule has 0 fully saturated rings. The van der Waals surface area contributed by atoms with Gasteiger partial charge in [-0.25, -0.2) is 0 Å². The Morgan fingerprint density at radius 1 is 0.826 bits per heavy atom. The summed E-state index contributed by atoms with van der Waals surface area (Å²) in [7, 11) is 0. The van der Waals surface area contributed by atoms with Crippen molar-refractivity contribution in [2.24, 2.45) is 0 Å². The normalized spacial score (nSPS) is 8.17. The SMILES string of the molecule is C=CC=C.CC=CCC.CC=CCC.CCCCCCO.[C-]#[O+]. The molecule has 0 aliphatic carbocycles. The van der Waals surface area contributed by atoms with Crippen molar-refractivity contribution >= 4 is 0 Å². The van der Waals surface area contributed by atoms with Gasteiger partial charge in [0.25, 0.3) is 0 Å². The van der Waals surface area contributed by atoms with Crippen molar-refractivity contribution in [3.63, 3.8) is 0 Å². The van der Waals surface area contributed by atoms with E-state index in [0.717, 1.165) is 19.3 Å². The van der Waals surface area contributed by atoms with Crippen molar-refractivity contribution in [3.05, 3.63) is 56.3 Å². The van der Waals surface area contributed by atoms with Crippen LogP contribution in [0.3, 0.4) is 0 Å². The molecule has 0 bridgehead atoms. The first-order chi connectivity index (χ1) is 11.2. The second kappa shape index (κ2) is 58.7. The molecule has 23 heavy (non-hydrogen) atoms. The third-order valence-corrected chi connectivity index (χ3v) is 2.12. The van der Waals surface area contributed by atoms with Crippen molar-refractivity contribution in [1.82, 2.24) is 0 Å². The molecule has 0 aliphatic rings. The number of aliphatic hydroxyl groups is 1. The van der Waals surface area contributed by atoms with Crippen LogP contribution >= 0.6 is 0 Å². The third kappa shape index (κ3) is 123. The van der Waals surface area contributed by atoms with E-state index in [0.29, 0.717) is 6.61 Å². The summed E-state index contributed by atoms with van der Waals surface area (Å²) in [6.07, 6.45) is 18.6. The molecule has 0 rings (SSSR count). The van der Waals surface area contributed by atoms with Crippen molar-refractivity contribution in [1.29, 1.82) is 0 Å². The Morgan fingerprint density at radius 3 is 1.35 bits per heavy atom. The molecule has 0 aliphatic heterocycles. The van der Waals surface area contributed by atoms with Crippen LogP contribution in [0, 0.1) is 6.65 Å². The van der Waals surface area contributed by atoms with Crippen LogP contribution in [0.1, 0.15) is 73.1 Å². The van der Waals surface area contributed by atoms with E-state index in [9.17, 15) is 0 Å². The van der Waals surface area contributed by atoms with Gasteiger partial charge in [-0.2, -0.15) is 0 Å². The molecule has 0 aromatic carbocycles. The van der Waals surface area contributed by atoms with Gasteiger partial charge in [0.2, 0.25) is 0 Å². The van der Waals surface area contributed by atoms with Crippen molar-refractivity contribution in [2.75, 3.05) is 6.61 Å². The molecule has 0 saturated carbocycles. The molecule has 0 saturated heterocycles. The standard InChI is InChI=1S/C6H14O.2C5H10.C4H6.CO/c1-2-3-4-5-6-7;2*1-3-5-4-2;1-3-4-2;1-2/h7H,2-6H2,1H3;2*3,5H,4H2,1-2H3;3-4H,1-2H2;. The van der Waals surface area contributed by atoms with Crippen LogP contribution in [0.25, 0.3) is 0 Å². The quantitative estimate of drug-likeness (QED) is 0.180. The maximum absolute atomic E-state index is 8.29. The van der Waals surface area contributed by atoms with Gasteiger partial charge in [0.1, 0.15) is 0 Å². The fraction of sp³-hybridized carbons (Fsp3) is 0.571. The zero-order chi connectivity index (χ0) is 19.2. The van der Waals surface area contributed by atoms with Crippen LogP contribution in [-0.2, 0) is 4.65 Å². The van der Waals surface area contributed by atoms with E-state index < -0.39 is 0 Å². The summed E-state index contributed by atoms with van der Waals surface area (Å²) in [6, 6.07) is 0. The van der Waals surface area contributed by atoms with Crippen LogP contribution in [0.5, 0.6) is 0 Å². The summed E-state index contributed by atoms with van der Waals surface area (Å²) in [5.41, 5.74) is 0. The van der Waals surface area contributed by atoms with Gasteiger partial charge in [0, 0.05) is 6.61 Å². The molecule has 0 amide bonds. The molecule has 0 spiro atoms. The van der Waals surface area contributed by atoms with E-state index >= 15 is 0 Å². The predicted octanol–water partition coefficient (Wildman–Crippen LogP) is 6.82. The Labute approximate surface area is 146 Å². The Hall–Kier alpha value is -1.34. The number of aliphatic hydroxyl groups excluding tert-OH is 1. The van der Waals surface area contributed by atoms with Gasteiger partial charge in [-0.3, -0.25) is 0 Å². The van der Waals surface area contributed by atoms with Crippen LogP contribution in [0.4, 0.5) is 0 Å². The molecule has 0 aromatic rings. The average molecular weight is 325 g/mol. The average Bonchev–Trinajstić information content (AvgIpc) is 2.60. The van der Waals surface area contributed by atoms with Gasteiger partial charge >= 0.3 is 11.3 Å². The fourth-order valence-corrected chi connectivity index (χ4v) is 1.01. The molecular weight excluding hydrogens is 284 g/mol. The van der Waals surface area contributed by atoms with E-state index in [1.807, 2.05) is 13.8 Å². The molecule has 136 valence electrons. The molecule has 0 radical (unpaired) electrons. The van der Waals surface area contributed by atoms with Gasteiger partial charge in [-0.15, -0.1) is 0 Å². The van der Waals surface area contributed by atoms with E-state index in [2.05, 4.69) is 64.9 Å². The molecule has 2 heteroatoms. The molecule has 0 aromatic heterocycles. The summed E-state index contributed by atoms with van der Waals surface area (Å²) in [6.45, 7) is 22.1. The number of allylic oxidation sites excluding steroid dienone is 6. The summed E-state index contributed by atoms with van der Waals surface area (Å²) in [4.78, 5) is 0. The molecule has 0 unspecified atom stereocenters. The van der Waals surface area contributed by atoms with Crippen LogP contribution in [-0.4, -0.2) is 11.7 Å². The first-order valence-corrected chi connectivity index (χ1v) is 8.43. The van der Waals surface area contributed by atoms with E-state index in [1.165, 1.54) is 19.3 Å². The number of hydrogen-bond donors (Lipinski definition) is 1. The maximum atomic E-state index is 8.29. The Bertz CT molecular complexity index is 215. The minimum atomic E-state index is 0.361. The van der Waals surface area contributed by atoms with Crippen LogP contribution in [0.2, 0.25) is 0 Å². The first kappa shape index (κ1) is 33.3. The summed E-state index contributed by atoms with van der Waals surface area (Å²) in [5.74, 6) is 0. The summed E-state index contributed by atoms with van der Waals surface area (Å²) >= 11 is 0. The van der Waals surface area contributed by atoms with Gasteiger partial charge in [-0.1, -0.05) is 89.6 Å². The topological polar surface area (TPSA) is 40.1 Å². The van der Waals surface area contributed by atoms with Crippen LogP contribution in [0.15, 0.2) is 49.6 Å². The summed E-state index contributed by atoms with van der Waals surface area (Å²) < 4.78 is 7.50. The number of hydrogen-bond acceptors (Lipinski definition) is 1. The Kier molecular flexibility index (Phi) is 85.1.